The van der Waals surface area contributed by atoms with Crippen LogP contribution >= 0.6 is 7.82 Å². The van der Waals surface area contributed by atoms with Crippen molar-refractivity contribution in [2.75, 3.05) is 33.0 Å². The Balaban J connectivity index is 3.92. The van der Waals surface area contributed by atoms with Gasteiger partial charge in [0.25, 0.3) is 0 Å². The Morgan fingerprint density at radius 3 is 1.29 bits per heavy atom. The number of unbranched alkanes of at least 4 members (excludes halogenated alkanes) is 29. The molecule has 0 radical (unpaired) electrons. The summed E-state index contributed by atoms with van der Waals surface area (Å²) in [5, 5.41) is 0. The number of rotatable bonds is 52. The van der Waals surface area contributed by atoms with Gasteiger partial charge >= 0.3 is 13.8 Å². The molecule has 0 aromatic carbocycles. The van der Waals surface area contributed by atoms with E-state index in [0.29, 0.717) is 13.0 Å². The van der Waals surface area contributed by atoms with Gasteiger partial charge in [-0.1, -0.05) is 248 Å². The molecule has 9 heteroatoms. The van der Waals surface area contributed by atoms with Crippen molar-refractivity contribution in [2.45, 2.75) is 258 Å². The minimum Gasteiger partial charge on any atom is -0.457 e. The molecule has 0 heterocycles. The molecule has 8 nitrogen and oxygen atoms in total. The van der Waals surface area contributed by atoms with Gasteiger partial charge in [-0.3, -0.25) is 13.8 Å². The van der Waals surface area contributed by atoms with Crippen molar-refractivity contribution in [3.8, 4) is 0 Å². The van der Waals surface area contributed by atoms with Gasteiger partial charge < -0.3 is 20.1 Å². The van der Waals surface area contributed by atoms with Crippen molar-refractivity contribution < 1.29 is 32.8 Å². The standard InChI is InChI=1S/C56H104NO7P/c1-3-5-7-9-11-13-15-17-19-21-23-25-26-27-28-30-32-34-36-38-40-42-44-46-48-51-61-53-55(54-63-65(59,60)62-52-50-57)64-56(58)49-47-45-43-41-39-37-35-33-31-29-24-22-20-18-16-14-12-10-8-6-4-2/h6,8,12,14,18,20,24,29,33,35,55H,3-5,7,9-11,13,15-17,19,21-23,25-28,30-32,34,36-54,57H2,1-2H3,(H,59,60)/b8-6-,14-12-,20-18-,29-24-,35-33-. The summed E-state index contributed by atoms with van der Waals surface area (Å²) < 4.78 is 33.6. The number of allylic oxidation sites excluding steroid dienone is 10. The maximum Gasteiger partial charge on any atom is 0.472 e. The van der Waals surface area contributed by atoms with Crippen LogP contribution in [0.15, 0.2) is 60.8 Å². The van der Waals surface area contributed by atoms with E-state index in [0.717, 1.165) is 83.5 Å². The highest BCUT2D eigenvalue weighted by Gasteiger charge is 2.25. The Morgan fingerprint density at radius 2 is 0.862 bits per heavy atom. The van der Waals surface area contributed by atoms with E-state index in [-0.39, 0.29) is 32.3 Å². The third-order valence-corrected chi connectivity index (χ3v) is 12.7. The van der Waals surface area contributed by atoms with Crippen LogP contribution in [0.3, 0.4) is 0 Å². The number of nitrogens with two attached hydrogens (primary N) is 1. The number of phosphoric acid groups is 1. The van der Waals surface area contributed by atoms with E-state index in [1.54, 1.807) is 0 Å². The van der Waals surface area contributed by atoms with E-state index in [1.165, 1.54) is 148 Å². The van der Waals surface area contributed by atoms with Crippen LogP contribution in [0.4, 0.5) is 0 Å². The molecule has 0 aliphatic carbocycles. The zero-order chi connectivity index (χ0) is 47.3. The average molecular weight is 934 g/mol. The first-order valence-electron chi connectivity index (χ1n) is 27.3. The summed E-state index contributed by atoms with van der Waals surface area (Å²) in [5.41, 5.74) is 5.39. The summed E-state index contributed by atoms with van der Waals surface area (Å²) in [7, 11) is -4.29. The van der Waals surface area contributed by atoms with Crippen LogP contribution < -0.4 is 5.73 Å². The zero-order valence-electron chi connectivity index (χ0n) is 42.5. The van der Waals surface area contributed by atoms with Crippen LogP contribution in [0.2, 0.25) is 0 Å². The molecule has 0 fully saturated rings. The predicted octanol–water partition coefficient (Wildman–Crippen LogP) is 17.3. The SMILES string of the molecule is CC/C=C\C/C=C\C/C=C\C/C=C\C/C=C\CCCCCCCC(=O)OC(COCCCCCCCCCCCCCCCCCCCCCCCCCCC)COP(=O)(O)OCCN. The van der Waals surface area contributed by atoms with E-state index in [1.807, 2.05) is 0 Å². The van der Waals surface area contributed by atoms with Crippen molar-refractivity contribution >= 4 is 13.8 Å². The van der Waals surface area contributed by atoms with Gasteiger partial charge in [-0.15, -0.1) is 0 Å². The van der Waals surface area contributed by atoms with E-state index in [4.69, 9.17) is 24.3 Å². The Bertz CT molecular complexity index is 1190. The lowest BCUT2D eigenvalue weighted by Crippen LogP contribution is -2.28. The largest absolute Gasteiger partial charge is 0.472 e. The van der Waals surface area contributed by atoms with Crippen LogP contribution in [-0.2, 0) is 27.9 Å². The van der Waals surface area contributed by atoms with Gasteiger partial charge in [0.1, 0.15) is 6.10 Å². The molecule has 0 amide bonds. The van der Waals surface area contributed by atoms with Crippen molar-refractivity contribution in [3.63, 3.8) is 0 Å². The highest BCUT2D eigenvalue weighted by Crippen LogP contribution is 2.43. The smallest absolute Gasteiger partial charge is 0.457 e. The van der Waals surface area contributed by atoms with Crippen LogP contribution in [-0.4, -0.2) is 49.9 Å². The summed E-state index contributed by atoms with van der Waals surface area (Å²) in [4.78, 5) is 22.6. The number of carbonyl (C=O) groups is 1. The maximum atomic E-state index is 12.7. The van der Waals surface area contributed by atoms with Crippen molar-refractivity contribution in [2.24, 2.45) is 5.73 Å². The topological polar surface area (TPSA) is 117 Å². The highest BCUT2D eigenvalue weighted by atomic mass is 31.2. The number of esters is 1. The van der Waals surface area contributed by atoms with Gasteiger partial charge in [0.15, 0.2) is 0 Å². The molecule has 0 aromatic rings. The number of hydrogen-bond acceptors (Lipinski definition) is 7. The molecule has 65 heavy (non-hydrogen) atoms. The number of ether oxygens (including phenoxy) is 2. The number of phosphoric ester groups is 1. The second-order valence-corrected chi connectivity index (χ2v) is 19.5. The fourth-order valence-electron chi connectivity index (χ4n) is 7.73. The first-order chi connectivity index (χ1) is 31.9. The minimum atomic E-state index is -4.29. The molecular formula is C56H104NO7P. The molecule has 0 saturated carbocycles. The third kappa shape index (κ3) is 53.0. The fraction of sp³-hybridized carbons (Fsp3) is 0.804. The maximum absolute atomic E-state index is 12.7. The van der Waals surface area contributed by atoms with Gasteiger partial charge in [0.05, 0.1) is 19.8 Å². The van der Waals surface area contributed by atoms with Gasteiger partial charge in [-0.05, 0) is 57.8 Å². The Labute approximate surface area is 402 Å². The lowest BCUT2D eigenvalue weighted by molar-refractivity contribution is -0.154. The minimum absolute atomic E-state index is 0.0957. The summed E-state index contributed by atoms with van der Waals surface area (Å²) in [6, 6.07) is 0. The third-order valence-electron chi connectivity index (χ3n) is 11.7. The number of hydrogen-bond donors (Lipinski definition) is 2. The molecule has 380 valence electrons. The van der Waals surface area contributed by atoms with Crippen LogP contribution in [0.1, 0.15) is 251 Å². The molecule has 0 saturated heterocycles. The quantitative estimate of drug-likeness (QED) is 0.0268. The van der Waals surface area contributed by atoms with Gasteiger partial charge in [0, 0.05) is 19.6 Å². The zero-order valence-corrected chi connectivity index (χ0v) is 43.4. The second-order valence-electron chi connectivity index (χ2n) is 18.1. The summed E-state index contributed by atoms with van der Waals surface area (Å²) in [5.74, 6) is -0.346. The van der Waals surface area contributed by atoms with Crippen LogP contribution in [0, 0.1) is 0 Å². The molecule has 2 unspecified atom stereocenters. The Morgan fingerprint density at radius 1 is 0.477 bits per heavy atom. The lowest BCUT2D eigenvalue weighted by atomic mass is 10.0. The van der Waals surface area contributed by atoms with Crippen LogP contribution in [0.25, 0.3) is 0 Å². The molecule has 0 aliphatic heterocycles. The molecule has 0 spiro atoms. The molecular weight excluding hydrogens is 830 g/mol. The molecule has 0 rings (SSSR count). The summed E-state index contributed by atoms with van der Waals surface area (Å²) in [6.45, 7) is 4.82. The molecule has 0 bridgehead atoms. The van der Waals surface area contributed by atoms with E-state index < -0.39 is 13.9 Å². The van der Waals surface area contributed by atoms with E-state index in [9.17, 15) is 14.3 Å². The normalized spacial score (nSPS) is 13.7. The highest BCUT2D eigenvalue weighted by molar-refractivity contribution is 7.47. The van der Waals surface area contributed by atoms with Gasteiger partial charge in [-0.2, -0.15) is 0 Å². The van der Waals surface area contributed by atoms with Crippen molar-refractivity contribution in [1.82, 2.24) is 0 Å². The molecule has 3 N–H and O–H groups in total. The number of carbonyl (C=O) groups excluding carboxylic acids is 1. The molecule has 0 aliphatic rings. The van der Waals surface area contributed by atoms with E-state index >= 15 is 0 Å². The molecule has 0 aromatic heterocycles. The monoisotopic (exact) mass is 934 g/mol. The van der Waals surface area contributed by atoms with Gasteiger partial charge in [-0.25, -0.2) is 4.57 Å². The summed E-state index contributed by atoms with van der Waals surface area (Å²) in [6.07, 6.45) is 67.0. The average Bonchev–Trinajstić information content (AvgIpc) is 3.30. The van der Waals surface area contributed by atoms with E-state index in [2.05, 4.69) is 74.6 Å². The molecule has 2 atom stereocenters. The fourth-order valence-corrected chi connectivity index (χ4v) is 8.50. The summed E-state index contributed by atoms with van der Waals surface area (Å²) >= 11 is 0. The van der Waals surface area contributed by atoms with Crippen molar-refractivity contribution in [1.29, 1.82) is 0 Å². The first kappa shape index (κ1) is 63.2. The Hall–Kier alpha value is -1.80. The van der Waals surface area contributed by atoms with Gasteiger partial charge in [0.2, 0.25) is 0 Å². The lowest BCUT2D eigenvalue weighted by Gasteiger charge is -2.20. The van der Waals surface area contributed by atoms with Crippen LogP contribution in [0.5, 0.6) is 0 Å². The van der Waals surface area contributed by atoms with Crippen molar-refractivity contribution in [3.05, 3.63) is 60.8 Å². The Kier molecular flexibility index (Phi) is 51.7. The predicted molar refractivity (Wildman–Crippen MR) is 279 cm³/mol. The first-order valence-corrected chi connectivity index (χ1v) is 28.8. The second kappa shape index (κ2) is 53.2.